The Labute approximate surface area is 249 Å². The van der Waals surface area contributed by atoms with Crippen LogP contribution in [0.5, 0.6) is 0 Å². The lowest BCUT2D eigenvalue weighted by Crippen LogP contribution is -2.23. The molecule has 2 N–H and O–H groups in total. The zero-order valence-corrected chi connectivity index (χ0v) is 27.4. The molecular weight excluding hydrogens is 496 g/mol. The Morgan fingerprint density at radius 1 is 0.450 bits per heavy atom. The van der Waals surface area contributed by atoms with Crippen molar-refractivity contribution in [3.05, 3.63) is 0 Å². The normalized spacial score (nSPS) is 14.6. The van der Waals surface area contributed by atoms with Crippen LogP contribution >= 0.6 is 0 Å². The highest BCUT2D eigenvalue weighted by molar-refractivity contribution is 5.66. The molecule has 0 rings (SSSR count). The van der Waals surface area contributed by atoms with Crippen molar-refractivity contribution in [1.82, 2.24) is 0 Å². The number of aliphatic carboxylic acids is 2. The third-order valence-corrected chi connectivity index (χ3v) is 9.47. The van der Waals surface area contributed by atoms with Gasteiger partial charge in [0.15, 0.2) is 0 Å². The highest BCUT2D eigenvalue weighted by atomic mass is 16.4. The van der Waals surface area contributed by atoms with Gasteiger partial charge in [0.05, 0.1) is 0 Å². The van der Waals surface area contributed by atoms with E-state index in [1.54, 1.807) is 0 Å². The highest BCUT2D eigenvalue weighted by Crippen LogP contribution is 2.38. The van der Waals surface area contributed by atoms with E-state index in [1.165, 1.54) is 135 Å². The fraction of sp³-hybridized carbons (Fsp3) is 0.944. The minimum Gasteiger partial charge on any atom is -0.481 e. The van der Waals surface area contributed by atoms with E-state index in [-0.39, 0.29) is 0 Å². The van der Waals surface area contributed by atoms with Gasteiger partial charge < -0.3 is 10.2 Å². The molecule has 0 fully saturated rings. The summed E-state index contributed by atoms with van der Waals surface area (Å²) in [6, 6.07) is 0. The minimum atomic E-state index is -0.671. The van der Waals surface area contributed by atoms with E-state index >= 15 is 0 Å². The molecule has 0 spiro atoms. The molecule has 0 heterocycles. The van der Waals surface area contributed by atoms with Gasteiger partial charge in [-0.15, -0.1) is 0 Å². The second kappa shape index (κ2) is 28.1. The largest absolute Gasteiger partial charge is 0.481 e. The molecule has 0 aliphatic rings. The molecule has 238 valence electrons. The summed E-state index contributed by atoms with van der Waals surface area (Å²) in [5, 5.41) is 18.2. The first-order valence-electron chi connectivity index (χ1n) is 17.8. The lowest BCUT2D eigenvalue weighted by molar-refractivity contribution is -0.138. The summed E-state index contributed by atoms with van der Waals surface area (Å²) < 4.78 is 0. The summed E-state index contributed by atoms with van der Waals surface area (Å²) in [6.45, 7) is 9.32. The van der Waals surface area contributed by atoms with E-state index in [0.29, 0.717) is 24.7 Å². The van der Waals surface area contributed by atoms with E-state index in [4.69, 9.17) is 5.11 Å². The molecule has 0 radical (unpaired) electrons. The minimum absolute atomic E-state index is 0.317. The van der Waals surface area contributed by atoms with E-state index in [9.17, 15) is 14.7 Å². The molecule has 4 nitrogen and oxygen atoms in total. The summed E-state index contributed by atoms with van der Waals surface area (Å²) in [5.74, 6) is 1.55. The topological polar surface area (TPSA) is 74.6 Å². The van der Waals surface area contributed by atoms with Crippen molar-refractivity contribution in [3.63, 3.8) is 0 Å². The SMILES string of the molecule is CCCCC(CC)CC(CC(CC)CCCC)C(CCCCCCCCCCCCCCC(=O)O)CCC(=O)O. The van der Waals surface area contributed by atoms with Crippen molar-refractivity contribution in [2.45, 2.75) is 195 Å². The summed E-state index contributed by atoms with van der Waals surface area (Å²) in [4.78, 5) is 22.1. The van der Waals surface area contributed by atoms with Crippen molar-refractivity contribution in [3.8, 4) is 0 Å². The number of carbonyl (C=O) groups is 2. The van der Waals surface area contributed by atoms with Crippen LogP contribution in [0.4, 0.5) is 0 Å². The number of hydrogen-bond acceptors (Lipinski definition) is 2. The standard InChI is InChI=1S/C36H70O4/c1-5-9-23-31(7-3)29-34(30-32(8-4)24-10-6-2)33(27-28-36(39)40)25-21-19-17-15-13-11-12-14-16-18-20-22-26-35(37)38/h31-34H,5-30H2,1-4H3,(H,37,38)(H,39,40). The maximum atomic E-state index is 11.6. The molecule has 0 aromatic carbocycles. The fourth-order valence-corrected chi connectivity index (χ4v) is 6.68. The van der Waals surface area contributed by atoms with Crippen LogP contribution in [0.1, 0.15) is 195 Å². The van der Waals surface area contributed by atoms with Gasteiger partial charge >= 0.3 is 11.9 Å². The van der Waals surface area contributed by atoms with E-state index in [2.05, 4.69) is 27.7 Å². The molecule has 4 heteroatoms. The van der Waals surface area contributed by atoms with Crippen LogP contribution in [0.25, 0.3) is 0 Å². The molecule has 0 saturated carbocycles. The number of hydrogen-bond donors (Lipinski definition) is 2. The Morgan fingerprint density at radius 3 is 1.23 bits per heavy atom. The summed E-state index contributed by atoms with van der Waals surface area (Å²) in [5.41, 5.74) is 0. The van der Waals surface area contributed by atoms with Crippen molar-refractivity contribution in [2.24, 2.45) is 23.7 Å². The monoisotopic (exact) mass is 567 g/mol. The molecular formula is C36H70O4. The van der Waals surface area contributed by atoms with Crippen molar-refractivity contribution in [2.75, 3.05) is 0 Å². The van der Waals surface area contributed by atoms with Gasteiger partial charge in [0.2, 0.25) is 0 Å². The smallest absolute Gasteiger partial charge is 0.303 e. The van der Waals surface area contributed by atoms with Gasteiger partial charge in [0, 0.05) is 12.8 Å². The Kier molecular flexibility index (Phi) is 27.3. The predicted octanol–water partition coefficient (Wildman–Crippen LogP) is 11.8. The first-order chi connectivity index (χ1) is 19.4. The molecule has 0 aromatic heterocycles. The Hall–Kier alpha value is -1.06. The van der Waals surface area contributed by atoms with Gasteiger partial charge in [0.1, 0.15) is 0 Å². The van der Waals surface area contributed by atoms with Crippen molar-refractivity contribution < 1.29 is 19.8 Å². The van der Waals surface area contributed by atoms with Gasteiger partial charge in [0.25, 0.3) is 0 Å². The van der Waals surface area contributed by atoms with Gasteiger partial charge in [-0.2, -0.15) is 0 Å². The maximum absolute atomic E-state index is 11.6. The van der Waals surface area contributed by atoms with Gasteiger partial charge in [-0.05, 0) is 49.4 Å². The third-order valence-electron chi connectivity index (χ3n) is 9.47. The van der Waals surface area contributed by atoms with Gasteiger partial charge in [-0.25, -0.2) is 0 Å². The lowest BCUT2D eigenvalue weighted by Gasteiger charge is -2.33. The van der Waals surface area contributed by atoms with Crippen LogP contribution < -0.4 is 0 Å². The first kappa shape index (κ1) is 38.9. The zero-order chi connectivity index (χ0) is 29.8. The van der Waals surface area contributed by atoms with Crippen LogP contribution in [-0.2, 0) is 9.59 Å². The van der Waals surface area contributed by atoms with E-state index < -0.39 is 11.9 Å². The quantitative estimate of drug-likeness (QED) is 0.0818. The fourth-order valence-electron chi connectivity index (χ4n) is 6.68. The van der Waals surface area contributed by atoms with Crippen LogP contribution in [0.2, 0.25) is 0 Å². The Morgan fingerprint density at radius 2 is 0.850 bits per heavy atom. The average Bonchev–Trinajstić information content (AvgIpc) is 2.93. The summed E-state index contributed by atoms with van der Waals surface area (Å²) in [7, 11) is 0. The molecule has 40 heavy (non-hydrogen) atoms. The molecule has 0 aliphatic carbocycles. The van der Waals surface area contributed by atoms with E-state index in [0.717, 1.165) is 31.1 Å². The van der Waals surface area contributed by atoms with Crippen molar-refractivity contribution in [1.29, 1.82) is 0 Å². The summed E-state index contributed by atoms with van der Waals surface area (Å²) >= 11 is 0. The molecule has 0 bridgehead atoms. The molecule has 3 unspecified atom stereocenters. The predicted molar refractivity (Wildman–Crippen MR) is 172 cm³/mol. The van der Waals surface area contributed by atoms with Crippen LogP contribution in [0, 0.1) is 23.7 Å². The van der Waals surface area contributed by atoms with Gasteiger partial charge in [-0.1, -0.05) is 156 Å². The summed E-state index contributed by atoms with van der Waals surface area (Å²) in [6.07, 6.45) is 30.5. The molecule has 0 aromatic rings. The highest BCUT2D eigenvalue weighted by Gasteiger charge is 2.27. The third kappa shape index (κ3) is 23.6. The van der Waals surface area contributed by atoms with Crippen LogP contribution in [0.15, 0.2) is 0 Å². The number of carboxylic acids is 2. The number of rotatable bonds is 31. The second-order valence-electron chi connectivity index (χ2n) is 12.9. The zero-order valence-electron chi connectivity index (χ0n) is 27.4. The molecule has 0 amide bonds. The lowest BCUT2D eigenvalue weighted by atomic mass is 9.72. The van der Waals surface area contributed by atoms with E-state index in [1.807, 2.05) is 0 Å². The Balaban J connectivity index is 4.65. The van der Waals surface area contributed by atoms with Gasteiger partial charge in [-0.3, -0.25) is 9.59 Å². The number of unbranched alkanes of at least 4 members (excludes halogenated alkanes) is 13. The Bertz CT molecular complexity index is 557. The molecule has 0 aliphatic heterocycles. The maximum Gasteiger partial charge on any atom is 0.303 e. The van der Waals surface area contributed by atoms with Crippen molar-refractivity contribution >= 4 is 11.9 Å². The average molecular weight is 567 g/mol. The first-order valence-corrected chi connectivity index (χ1v) is 17.8. The molecule has 0 saturated heterocycles. The number of carboxylic acid groups (broad SMARTS) is 2. The second-order valence-corrected chi connectivity index (χ2v) is 12.9. The van der Waals surface area contributed by atoms with Crippen LogP contribution in [0.3, 0.4) is 0 Å². The molecule has 3 atom stereocenters. The van der Waals surface area contributed by atoms with Crippen LogP contribution in [-0.4, -0.2) is 22.2 Å².